The Morgan fingerprint density at radius 1 is 0.875 bits per heavy atom. The van der Waals surface area contributed by atoms with Crippen LogP contribution in [-0.2, 0) is 0 Å². The van der Waals surface area contributed by atoms with E-state index in [0.29, 0.717) is 5.92 Å². The molecule has 1 unspecified atom stereocenters. The average Bonchev–Trinajstić information content (AvgIpc) is 2.52. The van der Waals surface area contributed by atoms with Crippen LogP contribution in [0.15, 0.2) is 23.8 Å². The van der Waals surface area contributed by atoms with Gasteiger partial charge in [0.15, 0.2) is 0 Å². The van der Waals surface area contributed by atoms with Gasteiger partial charge in [0, 0.05) is 0 Å². The van der Waals surface area contributed by atoms with Gasteiger partial charge in [0.05, 0.1) is 6.17 Å². The third-order valence-electron chi connectivity index (χ3n) is 4.96. The van der Waals surface area contributed by atoms with E-state index in [-0.39, 0.29) is 6.17 Å². The van der Waals surface area contributed by atoms with Gasteiger partial charge >= 0.3 is 0 Å². The van der Waals surface area contributed by atoms with Gasteiger partial charge in [0.25, 0.3) is 0 Å². The van der Waals surface area contributed by atoms with E-state index in [1.807, 2.05) is 0 Å². The van der Waals surface area contributed by atoms with E-state index in [2.05, 4.69) is 33.4 Å². The van der Waals surface area contributed by atoms with Crippen LogP contribution in [0.2, 0.25) is 0 Å². The van der Waals surface area contributed by atoms with Crippen LogP contribution in [0.5, 0.6) is 0 Å². The molecule has 0 heterocycles. The van der Waals surface area contributed by atoms with Crippen LogP contribution in [0.4, 0.5) is 0 Å². The summed E-state index contributed by atoms with van der Waals surface area (Å²) in [6, 6.07) is 0. The second kappa shape index (κ2) is 15.9. The van der Waals surface area contributed by atoms with E-state index in [4.69, 9.17) is 11.5 Å². The van der Waals surface area contributed by atoms with Crippen molar-refractivity contribution in [1.82, 2.24) is 0 Å². The first-order chi connectivity index (χ1) is 11.5. The second-order valence-electron chi connectivity index (χ2n) is 7.65. The Morgan fingerprint density at radius 2 is 1.46 bits per heavy atom. The lowest BCUT2D eigenvalue weighted by atomic mass is 9.90. The lowest BCUT2D eigenvalue weighted by molar-refractivity contribution is 0.495. The minimum atomic E-state index is -0.136. The molecule has 4 N–H and O–H groups in total. The van der Waals surface area contributed by atoms with Crippen molar-refractivity contribution in [2.45, 2.75) is 110 Å². The fourth-order valence-electron chi connectivity index (χ4n) is 3.14. The molecule has 0 spiro atoms. The lowest BCUT2D eigenvalue weighted by Gasteiger charge is -2.16. The average molecular weight is 337 g/mol. The van der Waals surface area contributed by atoms with E-state index in [9.17, 15) is 0 Å². The zero-order valence-corrected chi connectivity index (χ0v) is 16.8. The van der Waals surface area contributed by atoms with E-state index in [1.165, 1.54) is 76.2 Å². The van der Waals surface area contributed by atoms with Crippen molar-refractivity contribution in [3.05, 3.63) is 23.8 Å². The molecule has 24 heavy (non-hydrogen) atoms. The lowest BCUT2D eigenvalue weighted by Crippen LogP contribution is -2.29. The molecule has 0 bridgehead atoms. The zero-order valence-electron chi connectivity index (χ0n) is 16.8. The summed E-state index contributed by atoms with van der Waals surface area (Å²) in [6.45, 7) is 11.0. The van der Waals surface area contributed by atoms with Crippen LogP contribution < -0.4 is 11.5 Å². The molecule has 0 aromatic rings. The van der Waals surface area contributed by atoms with E-state index in [1.54, 1.807) is 5.57 Å². The molecule has 0 aliphatic carbocycles. The predicted molar refractivity (Wildman–Crippen MR) is 110 cm³/mol. The van der Waals surface area contributed by atoms with Crippen LogP contribution in [0.1, 0.15) is 104 Å². The third kappa shape index (κ3) is 15.0. The molecular formula is C22H44N2. The zero-order chi connectivity index (χ0) is 18.2. The van der Waals surface area contributed by atoms with Crippen molar-refractivity contribution in [2.75, 3.05) is 0 Å². The van der Waals surface area contributed by atoms with Gasteiger partial charge in [-0.25, -0.2) is 0 Å². The van der Waals surface area contributed by atoms with Crippen LogP contribution in [0, 0.1) is 5.92 Å². The molecule has 1 atom stereocenters. The van der Waals surface area contributed by atoms with Gasteiger partial charge in [0.1, 0.15) is 0 Å². The SMILES string of the molecule is C=C(C)C(CC=C(C)CCCCCCC)CCCCCCC(N)N. The molecule has 0 aliphatic rings. The minimum absolute atomic E-state index is 0.136. The molecule has 0 rings (SSSR count). The number of hydrogen-bond acceptors (Lipinski definition) is 2. The normalized spacial score (nSPS) is 13.5. The predicted octanol–water partition coefficient (Wildman–Crippen LogP) is 6.46. The number of unbranched alkanes of at least 4 members (excludes halogenated alkanes) is 7. The number of nitrogens with two attached hydrogens (primary N) is 2. The molecule has 0 amide bonds. The molecule has 0 aliphatic heterocycles. The molecule has 0 aromatic heterocycles. The van der Waals surface area contributed by atoms with Crippen LogP contribution >= 0.6 is 0 Å². The van der Waals surface area contributed by atoms with Gasteiger partial charge in [0.2, 0.25) is 0 Å². The Bertz CT molecular complexity index is 331. The second-order valence-corrected chi connectivity index (χ2v) is 7.65. The fraction of sp³-hybridized carbons (Fsp3) is 0.818. The van der Waals surface area contributed by atoms with Crippen molar-refractivity contribution in [3.8, 4) is 0 Å². The maximum Gasteiger partial charge on any atom is 0.0520 e. The highest BCUT2D eigenvalue weighted by atomic mass is 14.8. The molecule has 0 aromatic carbocycles. The van der Waals surface area contributed by atoms with Crippen LogP contribution in [0.3, 0.4) is 0 Å². The van der Waals surface area contributed by atoms with Crippen molar-refractivity contribution < 1.29 is 0 Å². The first kappa shape index (κ1) is 23.4. The molecule has 0 radical (unpaired) electrons. The van der Waals surface area contributed by atoms with Gasteiger partial charge < -0.3 is 11.5 Å². The number of allylic oxidation sites excluding steroid dienone is 3. The van der Waals surface area contributed by atoms with Crippen molar-refractivity contribution in [1.29, 1.82) is 0 Å². The van der Waals surface area contributed by atoms with E-state index in [0.717, 1.165) is 12.8 Å². The molecule has 0 saturated heterocycles. The molecular weight excluding hydrogens is 292 g/mol. The van der Waals surface area contributed by atoms with Gasteiger partial charge in [-0.05, 0) is 51.9 Å². The van der Waals surface area contributed by atoms with Gasteiger partial charge in [-0.1, -0.05) is 82.1 Å². The van der Waals surface area contributed by atoms with Crippen molar-refractivity contribution in [3.63, 3.8) is 0 Å². The highest BCUT2D eigenvalue weighted by Gasteiger charge is 2.08. The fourth-order valence-corrected chi connectivity index (χ4v) is 3.14. The summed E-state index contributed by atoms with van der Waals surface area (Å²) < 4.78 is 0. The van der Waals surface area contributed by atoms with Crippen LogP contribution in [0.25, 0.3) is 0 Å². The highest BCUT2D eigenvalue weighted by Crippen LogP contribution is 2.23. The third-order valence-corrected chi connectivity index (χ3v) is 4.96. The van der Waals surface area contributed by atoms with Gasteiger partial charge in [-0.15, -0.1) is 0 Å². The van der Waals surface area contributed by atoms with E-state index >= 15 is 0 Å². The first-order valence-corrected chi connectivity index (χ1v) is 10.3. The standard InChI is InChI=1S/C22H44N2/c1-5-6-7-8-11-14-20(4)17-18-21(19(2)3)15-12-9-10-13-16-22(23)24/h17,21-22H,2,5-16,18,23-24H2,1,3-4H3. The van der Waals surface area contributed by atoms with E-state index < -0.39 is 0 Å². The maximum atomic E-state index is 5.58. The Labute approximate surface area is 152 Å². The minimum Gasteiger partial charge on any atom is -0.316 e. The number of rotatable bonds is 16. The monoisotopic (exact) mass is 336 g/mol. The summed E-state index contributed by atoms with van der Waals surface area (Å²) in [5, 5.41) is 0. The summed E-state index contributed by atoms with van der Waals surface area (Å²) in [7, 11) is 0. The Kier molecular flexibility index (Phi) is 15.5. The molecule has 2 nitrogen and oxygen atoms in total. The van der Waals surface area contributed by atoms with Crippen molar-refractivity contribution >= 4 is 0 Å². The maximum absolute atomic E-state index is 5.58. The summed E-state index contributed by atoms with van der Waals surface area (Å²) in [6.07, 6.45) is 18.8. The first-order valence-electron chi connectivity index (χ1n) is 10.3. The number of hydrogen-bond donors (Lipinski definition) is 2. The molecule has 142 valence electrons. The summed E-state index contributed by atoms with van der Waals surface area (Å²) in [4.78, 5) is 0. The van der Waals surface area contributed by atoms with Crippen molar-refractivity contribution in [2.24, 2.45) is 17.4 Å². The van der Waals surface area contributed by atoms with Crippen LogP contribution in [-0.4, -0.2) is 6.17 Å². The summed E-state index contributed by atoms with van der Waals surface area (Å²) in [5.41, 5.74) is 14.1. The molecule has 2 heteroatoms. The summed E-state index contributed by atoms with van der Waals surface area (Å²) in [5.74, 6) is 0.650. The smallest absolute Gasteiger partial charge is 0.0520 e. The highest BCUT2D eigenvalue weighted by molar-refractivity contribution is 5.04. The summed E-state index contributed by atoms with van der Waals surface area (Å²) >= 11 is 0. The molecule has 0 saturated carbocycles. The Hall–Kier alpha value is -0.600. The largest absolute Gasteiger partial charge is 0.316 e. The van der Waals surface area contributed by atoms with Gasteiger partial charge in [-0.2, -0.15) is 0 Å². The Morgan fingerprint density at radius 3 is 2.04 bits per heavy atom. The topological polar surface area (TPSA) is 52.0 Å². The van der Waals surface area contributed by atoms with Gasteiger partial charge in [-0.3, -0.25) is 0 Å². The Balaban J connectivity index is 3.89. The molecule has 0 fully saturated rings. The quantitative estimate of drug-likeness (QED) is 0.193.